The molecule has 0 radical (unpaired) electrons. The van der Waals surface area contributed by atoms with Gasteiger partial charge in [-0.3, -0.25) is 9.69 Å². The lowest BCUT2D eigenvalue weighted by molar-refractivity contribution is -0.133. The highest BCUT2D eigenvalue weighted by atomic mass is 16.6. The van der Waals surface area contributed by atoms with Gasteiger partial charge < -0.3 is 9.64 Å². The molecule has 0 fully saturated rings. The van der Waals surface area contributed by atoms with Crippen molar-refractivity contribution in [1.29, 1.82) is 0 Å². The van der Waals surface area contributed by atoms with Crippen LogP contribution in [0.3, 0.4) is 0 Å². The summed E-state index contributed by atoms with van der Waals surface area (Å²) in [6, 6.07) is -0.523. The molecule has 0 aromatic heterocycles. The molecule has 2 amide bonds. The fraction of sp³-hybridized carbons (Fsp3) is 0.818. The highest BCUT2D eigenvalue weighted by Gasteiger charge is 2.27. The van der Waals surface area contributed by atoms with Crippen LogP contribution in [0.2, 0.25) is 0 Å². The quantitative estimate of drug-likeness (QED) is 0.719. The Morgan fingerprint density at radius 2 is 1.56 bits per heavy atom. The van der Waals surface area contributed by atoms with Crippen molar-refractivity contribution >= 4 is 12.0 Å². The summed E-state index contributed by atoms with van der Waals surface area (Å²) in [5, 5.41) is 0. The predicted octanol–water partition coefficient (Wildman–Crippen LogP) is 1.33. The number of hydrogen-bond acceptors (Lipinski definition) is 3. The Hall–Kier alpha value is -1.26. The van der Waals surface area contributed by atoms with Crippen LogP contribution in [0, 0.1) is 0 Å². The second-order valence-corrected chi connectivity index (χ2v) is 5.00. The van der Waals surface area contributed by atoms with Crippen molar-refractivity contribution < 1.29 is 14.3 Å². The summed E-state index contributed by atoms with van der Waals surface area (Å²) in [5.41, 5.74) is -0.549. The second kappa shape index (κ2) is 5.18. The Labute approximate surface area is 97.3 Å². The summed E-state index contributed by atoms with van der Waals surface area (Å²) in [7, 11) is 4.86. The third kappa shape index (κ3) is 4.51. The normalized spacial score (nSPS) is 12.9. The molecule has 0 aromatic carbocycles. The number of ether oxygens (including phenoxy) is 1. The van der Waals surface area contributed by atoms with Crippen LogP contribution < -0.4 is 0 Å². The van der Waals surface area contributed by atoms with Crippen LogP contribution in [-0.4, -0.2) is 54.6 Å². The van der Waals surface area contributed by atoms with Gasteiger partial charge in [0.15, 0.2) is 0 Å². The monoisotopic (exact) mass is 230 g/mol. The first-order valence-corrected chi connectivity index (χ1v) is 5.23. The molecule has 0 spiro atoms. The van der Waals surface area contributed by atoms with Crippen molar-refractivity contribution in [2.45, 2.75) is 39.3 Å². The molecule has 5 heteroatoms. The van der Waals surface area contributed by atoms with Crippen molar-refractivity contribution in [3.63, 3.8) is 0 Å². The number of likely N-dealkylation sites (N-methyl/N-ethyl adjacent to an activating group) is 2. The van der Waals surface area contributed by atoms with Crippen LogP contribution >= 0.6 is 0 Å². The molecule has 0 saturated carbocycles. The highest BCUT2D eigenvalue weighted by molar-refractivity contribution is 5.84. The second-order valence-electron chi connectivity index (χ2n) is 5.00. The molecule has 0 aromatic rings. The van der Waals surface area contributed by atoms with Crippen LogP contribution in [0.5, 0.6) is 0 Å². The molecule has 0 rings (SSSR count). The summed E-state index contributed by atoms with van der Waals surface area (Å²) in [6.07, 6.45) is -0.491. The van der Waals surface area contributed by atoms with E-state index in [0.717, 1.165) is 0 Å². The standard InChI is InChI=1S/C11H22N2O3/c1-8(9(14)12(5)6)13(7)10(15)16-11(2,3)4/h8H,1-7H3. The Balaban J connectivity index is 4.50. The minimum atomic E-state index is -0.549. The fourth-order valence-electron chi connectivity index (χ4n) is 1.03. The zero-order valence-corrected chi connectivity index (χ0v) is 11.2. The molecule has 94 valence electrons. The Bertz CT molecular complexity index is 269. The van der Waals surface area contributed by atoms with Crippen LogP contribution in [0.15, 0.2) is 0 Å². The SMILES string of the molecule is CC(C(=O)N(C)C)N(C)C(=O)OC(C)(C)C. The van der Waals surface area contributed by atoms with Crippen molar-refractivity contribution in [2.24, 2.45) is 0 Å². The van der Waals surface area contributed by atoms with E-state index in [9.17, 15) is 9.59 Å². The van der Waals surface area contributed by atoms with E-state index in [1.807, 2.05) is 0 Å². The summed E-state index contributed by atoms with van der Waals surface area (Å²) >= 11 is 0. The van der Waals surface area contributed by atoms with Gasteiger partial charge in [-0.25, -0.2) is 4.79 Å². The number of hydrogen-bond donors (Lipinski definition) is 0. The van der Waals surface area contributed by atoms with Gasteiger partial charge in [0.05, 0.1) is 0 Å². The van der Waals surface area contributed by atoms with Gasteiger partial charge in [-0.05, 0) is 27.7 Å². The summed E-state index contributed by atoms with van der Waals surface area (Å²) in [4.78, 5) is 26.0. The van der Waals surface area contributed by atoms with Gasteiger partial charge in [0.25, 0.3) is 0 Å². The third-order valence-corrected chi connectivity index (χ3v) is 2.06. The maximum absolute atomic E-state index is 11.7. The first kappa shape index (κ1) is 14.7. The number of carbonyl (C=O) groups is 2. The molecular weight excluding hydrogens is 208 g/mol. The van der Waals surface area contributed by atoms with Crippen LogP contribution in [0.25, 0.3) is 0 Å². The molecule has 5 nitrogen and oxygen atoms in total. The number of amides is 2. The minimum Gasteiger partial charge on any atom is -0.444 e. The molecule has 16 heavy (non-hydrogen) atoms. The molecule has 0 heterocycles. The van der Waals surface area contributed by atoms with Gasteiger partial charge in [-0.2, -0.15) is 0 Å². The highest BCUT2D eigenvalue weighted by Crippen LogP contribution is 2.11. The zero-order chi connectivity index (χ0) is 13.1. The maximum Gasteiger partial charge on any atom is 0.410 e. The van der Waals surface area contributed by atoms with Gasteiger partial charge >= 0.3 is 6.09 Å². The minimum absolute atomic E-state index is 0.131. The first-order chi connectivity index (χ1) is 7.06. The lowest BCUT2D eigenvalue weighted by atomic mass is 10.2. The topological polar surface area (TPSA) is 49.9 Å². The van der Waals surface area contributed by atoms with Crippen molar-refractivity contribution in [3.05, 3.63) is 0 Å². The van der Waals surface area contributed by atoms with Crippen LogP contribution in [0.4, 0.5) is 4.79 Å². The summed E-state index contributed by atoms with van der Waals surface area (Å²) in [5.74, 6) is -0.131. The van der Waals surface area contributed by atoms with E-state index < -0.39 is 17.7 Å². The van der Waals surface area contributed by atoms with E-state index in [0.29, 0.717) is 0 Å². The largest absolute Gasteiger partial charge is 0.444 e. The molecule has 1 unspecified atom stereocenters. The fourth-order valence-corrected chi connectivity index (χ4v) is 1.03. The molecular formula is C11H22N2O3. The summed E-state index contributed by atoms with van der Waals surface area (Å²) < 4.78 is 5.17. The molecule has 0 aliphatic rings. The maximum atomic E-state index is 11.7. The van der Waals surface area contributed by atoms with E-state index in [4.69, 9.17) is 4.74 Å². The average molecular weight is 230 g/mol. The van der Waals surface area contributed by atoms with E-state index in [1.54, 1.807) is 48.8 Å². The number of nitrogens with zero attached hydrogens (tertiary/aromatic N) is 2. The van der Waals surface area contributed by atoms with Gasteiger partial charge in [0, 0.05) is 21.1 Å². The first-order valence-electron chi connectivity index (χ1n) is 5.23. The Morgan fingerprint density at radius 1 is 1.12 bits per heavy atom. The lowest BCUT2D eigenvalue weighted by Gasteiger charge is -2.29. The number of rotatable bonds is 2. The molecule has 0 aliphatic heterocycles. The Morgan fingerprint density at radius 3 is 1.88 bits per heavy atom. The number of carbonyl (C=O) groups excluding carboxylic acids is 2. The van der Waals surface area contributed by atoms with E-state index in [-0.39, 0.29) is 5.91 Å². The van der Waals surface area contributed by atoms with Crippen LogP contribution in [0.1, 0.15) is 27.7 Å². The molecule has 0 N–H and O–H groups in total. The van der Waals surface area contributed by atoms with Crippen molar-refractivity contribution in [1.82, 2.24) is 9.80 Å². The zero-order valence-electron chi connectivity index (χ0n) is 11.2. The molecule has 0 saturated heterocycles. The lowest BCUT2D eigenvalue weighted by Crippen LogP contribution is -2.47. The van der Waals surface area contributed by atoms with Gasteiger partial charge in [-0.1, -0.05) is 0 Å². The molecule has 0 bridgehead atoms. The predicted molar refractivity (Wildman–Crippen MR) is 62.2 cm³/mol. The van der Waals surface area contributed by atoms with Gasteiger partial charge in [0.2, 0.25) is 5.91 Å². The van der Waals surface area contributed by atoms with Gasteiger partial charge in [0.1, 0.15) is 11.6 Å². The van der Waals surface area contributed by atoms with E-state index >= 15 is 0 Å². The summed E-state index contributed by atoms with van der Waals surface area (Å²) in [6.45, 7) is 7.04. The molecule has 0 aliphatic carbocycles. The van der Waals surface area contributed by atoms with Gasteiger partial charge in [-0.15, -0.1) is 0 Å². The van der Waals surface area contributed by atoms with Crippen LogP contribution in [-0.2, 0) is 9.53 Å². The molecule has 1 atom stereocenters. The Kier molecular flexibility index (Phi) is 4.78. The van der Waals surface area contributed by atoms with Crippen molar-refractivity contribution in [3.8, 4) is 0 Å². The van der Waals surface area contributed by atoms with E-state index in [2.05, 4.69) is 0 Å². The van der Waals surface area contributed by atoms with Crippen molar-refractivity contribution in [2.75, 3.05) is 21.1 Å². The smallest absolute Gasteiger partial charge is 0.410 e. The average Bonchev–Trinajstić information content (AvgIpc) is 2.11. The van der Waals surface area contributed by atoms with E-state index in [1.165, 1.54) is 9.80 Å². The third-order valence-electron chi connectivity index (χ3n) is 2.06.